The predicted octanol–water partition coefficient (Wildman–Crippen LogP) is 1.50. The summed E-state index contributed by atoms with van der Waals surface area (Å²) in [6.45, 7) is 3.71. The Hall–Kier alpha value is -2.39. The zero-order valence-electron chi connectivity index (χ0n) is 15.1. The first kappa shape index (κ1) is 19.9. The van der Waals surface area contributed by atoms with E-state index >= 15 is 0 Å². The minimum atomic E-state index is -3.71. The van der Waals surface area contributed by atoms with E-state index in [-0.39, 0.29) is 42.7 Å². The molecule has 0 unspecified atom stereocenters. The molecule has 1 aromatic heterocycles. The molecule has 1 heterocycles. The highest BCUT2D eigenvalue weighted by atomic mass is 32.2. The lowest BCUT2D eigenvalue weighted by molar-refractivity contribution is -0.121. The molecule has 0 saturated carbocycles. The summed E-state index contributed by atoms with van der Waals surface area (Å²) in [6.07, 6.45) is 0.190. The van der Waals surface area contributed by atoms with Crippen LogP contribution >= 0.6 is 0 Å². The summed E-state index contributed by atoms with van der Waals surface area (Å²) in [7, 11) is -2.26. The number of nitrogens with one attached hydrogen (secondary N) is 1. The average molecular weight is 381 g/mol. The number of rotatable bonds is 9. The third-order valence-corrected chi connectivity index (χ3v) is 5.83. The Bertz CT molecular complexity index is 814. The summed E-state index contributed by atoms with van der Waals surface area (Å²) in [4.78, 5) is 11.9. The Morgan fingerprint density at radius 2 is 1.96 bits per heavy atom. The Labute approximate surface area is 153 Å². The molecule has 2 aromatic rings. The third kappa shape index (κ3) is 5.06. The Balaban J connectivity index is 1.75. The van der Waals surface area contributed by atoms with E-state index in [1.807, 2.05) is 30.3 Å². The number of amides is 1. The summed E-state index contributed by atoms with van der Waals surface area (Å²) >= 11 is 0. The van der Waals surface area contributed by atoms with E-state index in [0.717, 1.165) is 0 Å². The fourth-order valence-corrected chi connectivity index (χ4v) is 3.79. The molecule has 26 heavy (non-hydrogen) atoms. The number of carbonyl (C=O) groups is 1. The van der Waals surface area contributed by atoms with Gasteiger partial charge in [0.05, 0.1) is 13.0 Å². The maximum atomic E-state index is 12.5. The number of carbonyl (C=O) groups excluding carboxylic acids is 1. The Morgan fingerprint density at radius 3 is 2.58 bits per heavy atom. The monoisotopic (exact) mass is 381 g/mol. The van der Waals surface area contributed by atoms with Gasteiger partial charge in [-0.25, -0.2) is 8.42 Å². The standard InChI is InChI=1S/C17H23N3O5S/c1-13-17(14(2)25-19-13)26(22,23)20(3)11-10-18-16(21)9-12-24-15-7-5-4-6-8-15/h4-8H,9-12H2,1-3H3,(H,18,21). The van der Waals surface area contributed by atoms with Gasteiger partial charge in [-0.2, -0.15) is 4.31 Å². The van der Waals surface area contributed by atoms with Gasteiger partial charge in [0.2, 0.25) is 15.9 Å². The van der Waals surface area contributed by atoms with Gasteiger partial charge in [-0.1, -0.05) is 23.4 Å². The second-order valence-corrected chi connectivity index (χ2v) is 7.72. The van der Waals surface area contributed by atoms with E-state index in [4.69, 9.17) is 9.26 Å². The molecule has 2 rings (SSSR count). The molecular weight excluding hydrogens is 358 g/mol. The minimum Gasteiger partial charge on any atom is -0.493 e. The molecule has 0 fully saturated rings. The summed E-state index contributed by atoms with van der Waals surface area (Å²) < 4.78 is 36.6. The Morgan fingerprint density at radius 1 is 1.27 bits per heavy atom. The van der Waals surface area contributed by atoms with E-state index in [1.165, 1.54) is 11.4 Å². The van der Waals surface area contributed by atoms with Crippen molar-refractivity contribution in [2.24, 2.45) is 0 Å². The second kappa shape index (κ2) is 8.81. The zero-order valence-corrected chi connectivity index (χ0v) is 15.9. The second-order valence-electron chi connectivity index (χ2n) is 5.74. The van der Waals surface area contributed by atoms with E-state index in [2.05, 4.69) is 10.5 Å². The van der Waals surface area contributed by atoms with Crippen molar-refractivity contribution in [2.45, 2.75) is 25.2 Å². The van der Waals surface area contributed by atoms with Crippen molar-refractivity contribution in [1.82, 2.24) is 14.8 Å². The first-order valence-electron chi connectivity index (χ1n) is 8.16. The van der Waals surface area contributed by atoms with Crippen molar-refractivity contribution >= 4 is 15.9 Å². The van der Waals surface area contributed by atoms with Crippen LogP contribution in [-0.2, 0) is 14.8 Å². The highest BCUT2D eigenvalue weighted by Gasteiger charge is 2.28. The van der Waals surface area contributed by atoms with Crippen LogP contribution in [-0.4, -0.2) is 50.5 Å². The van der Waals surface area contributed by atoms with Crippen molar-refractivity contribution in [1.29, 1.82) is 0 Å². The molecule has 0 spiro atoms. The molecule has 0 aliphatic carbocycles. The fraction of sp³-hybridized carbons (Fsp3) is 0.412. The number of aromatic nitrogens is 1. The molecule has 9 heteroatoms. The van der Waals surface area contributed by atoms with Gasteiger partial charge in [0.1, 0.15) is 16.3 Å². The molecule has 1 N–H and O–H groups in total. The van der Waals surface area contributed by atoms with Crippen LogP contribution in [0.25, 0.3) is 0 Å². The molecule has 0 aliphatic heterocycles. The van der Waals surface area contributed by atoms with Crippen molar-refractivity contribution in [3.05, 3.63) is 41.8 Å². The average Bonchev–Trinajstić information content (AvgIpc) is 2.95. The number of ether oxygens (including phenoxy) is 1. The highest BCUT2D eigenvalue weighted by molar-refractivity contribution is 7.89. The van der Waals surface area contributed by atoms with Crippen LogP contribution in [0, 0.1) is 13.8 Å². The number of sulfonamides is 1. The van der Waals surface area contributed by atoms with Crippen molar-refractivity contribution < 1.29 is 22.5 Å². The molecule has 0 aliphatic rings. The molecule has 8 nitrogen and oxygen atoms in total. The molecule has 0 bridgehead atoms. The maximum Gasteiger partial charge on any atom is 0.248 e. The normalized spacial score (nSPS) is 11.5. The molecular formula is C17H23N3O5S. The van der Waals surface area contributed by atoms with Crippen LogP contribution in [0.15, 0.2) is 39.8 Å². The van der Waals surface area contributed by atoms with Gasteiger partial charge in [-0.05, 0) is 26.0 Å². The third-order valence-electron chi connectivity index (χ3n) is 3.73. The van der Waals surface area contributed by atoms with Crippen LogP contribution in [0.1, 0.15) is 17.9 Å². The van der Waals surface area contributed by atoms with Gasteiger partial charge < -0.3 is 14.6 Å². The van der Waals surface area contributed by atoms with Crippen LogP contribution in [0.3, 0.4) is 0 Å². The first-order valence-corrected chi connectivity index (χ1v) is 9.60. The number of nitrogens with zero attached hydrogens (tertiary/aromatic N) is 2. The van der Waals surface area contributed by atoms with E-state index in [1.54, 1.807) is 13.8 Å². The van der Waals surface area contributed by atoms with Crippen LogP contribution in [0.5, 0.6) is 5.75 Å². The topological polar surface area (TPSA) is 102 Å². The van der Waals surface area contributed by atoms with E-state index < -0.39 is 10.0 Å². The van der Waals surface area contributed by atoms with Gasteiger partial charge in [0.25, 0.3) is 0 Å². The number of hydrogen-bond acceptors (Lipinski definition) is 6. The lowest BCUT2D eigenvalue weighted by Crippen LogP contribution is -2.36. The van der Waals surface area contributed by atoms with Crippen molar-refractivity contribution in [2.75, 3.05) is 26.7 Å². The molecule has 1 aromatic carbocycles. The first-order chi connectivity index (χ1) is 12.3. The highest BCUT2D eigenvalue weighted by Crippen LogP contribution is 2.21. The number of benzene rings is 1. The van der Waals surface area contributed by atoms with E-state index in [0.29, 0.717) is 11.4 Å². The van der Waals surface area contributed by atoms with Gasteiger partial charge >= 0.3 is 0 Å². The van der Waals surface area contributed by atoms with Gasteiger partial charge in [0.15, 0.2) is 5.76 Å². The molecule has 0 saturated heterocycles. The number of para-hydroxylation sites is 1. The summed E-state index contributed by atoms with van der Waals surface area (Å²) in [6, 6.07) is 9.21. The van der Waals surface area contributed by atoms with Gasteiger partial charge in [-0.15, -0.1) is 0 Å². The Kier molecular flexibility index (Phi) is 6.76. The predicted molar refractivity (Wildman–Crippen MR) is 95.4 cm³/mol. The summed E-state index contributed by atoms with van der Waals surface area (Å²) in [5.74, 6) is 0.742. The number of aryl methyl sites for hydroxylation is 2. The molecule has 1 amide bonds. The maximum absolute atomic E-state index is 12.5. The lowest BCUT2D eigenvalue weighted by atomic mass is 10.3. The smallest absolute Gasteiger partial charge is 0.248 e. The lowest BCUT2D eigenvalue weighted by Gasteiger charge is -2.17. The zero-order chi connectivity index (χ0) is 19.2. The number of hydrogen-bond donors (Lipinski definition) is 1. The van der Waals surface area contributed by atoms with Crippen LogP contribution in [0.2, 0.25) is 0 Å². The SMILES string of the molecule is Cc1noc(C)c1S(=O)(=O)N(C)CCNC(=O)CCOc1ccccc1. The molecule has 142 valence electrons. The van der Waals surface area contributed by atoms with Gasteiger partial charge in [0, 0.05) is 20.1 Å². The number of likely N-dealkylation sites (N-methyl/N-ethyl adjacent to an activating group) is 1. The van der Waals surface area contributed by atoms with Crippen LogP contribution in [0.4, 0.5) is 0 Å². The van der Waals surface area contributed by atoms with Gasteiger partial charge in [-0.3, -0.25) is 4.79 Å². The largest absolute Gasteiger partial charge is 0.493 e. The van der Waals surface area contributed by atoms with E-state index in [9.17, 15) is 13.2 Å². The minimum absolute atomic E-state index is 0.0718. The molecule has 0 radical (unpaired) electrons. The van der Waals surface area contributed by atoms with Crippen LogP contribution < -0.4 is 10.1 Å². The van der Waals surface area contributed by atoms with Crippen molar-refractivity contribution in [3.63, 3.8) is 0 Å². The summed E-state index contributed by atoms with van der Waals surface area (Å²) in [5.41, 5.74) is 0.316. The van der Waals surface area contributed by atoms with Crippen molar-refractivity contribution in [3.8, 4) is 5.75 Å². The quantitative estimate of drug-likeness (QED) is 0.706. The molecule has 0 atom stereocenters. The fourth-order valence-electron chi connectivity index (χ4n) is 2.34. The summed E-state index contributed by atoms with van der Waals surface area (Å²) in [5, 5.41) is 6.35.